The van der Waals surface area contributed by atoms with Gasteiger partial charge in [0.25, 0.3) is 5.91 Å². The summed E-state index contributed by atoms with van der Waals surface area (Å²) in [5, 5.41) is 6.48. The minimum absolute atomic E-state index is 0.145. The molecule has 4 nitrogen and oxygen atoms in total. The van der Waals surface area contributed by atoms with Crippen LogP contribution in [-0.2, 0) is 4.74 Å². The van der Waals surface area contributed by atoms with E-state index < -0.39 is 0 Å². The molecule has 0 bridgehead atoms. The first-order chi connectivity index (χ1) is 8.69. The Morgan fingerprint density at radius 1 is 1.39 bits per heavy atom. The molecule has 0 aromatic heterocycles. The van der Waals surface area contributed by atoms with Crippen LogP contribution < -0.4 is 10.6 Å². The first-order valence-corrected chi connectivity index (χ1v) is 6.46. The predicted molar refractivity (Wildman–Crippen MR) is 74.4 cm³/mol. The van der Waals surface area contributed by atoms with Gasteiger partial charge in [-0.25, -0.2) is 0 Å². The van der Waals surface area contributed by atoms with E-state index >= 15 is 0 Å². The zero-order valence-electron chi connectivity index (χ0n) is 10.8. The van der Waals surface area contributed by atoms with Crippen molar-refractivity contribution in [1.82, 2.24) is 5.32 Å². The molecule has 0 unspecified atom stereocenters. The second kappa shape index (κ2) is 7.95. The smallest absolute Gasteiger partial charge is 0.253 e. The Bertz CT molecular complexity index is 397. The topological polar surface area (TPSA) is 50.4 Å². The fraction of sp³-hybridized carbons (Fsp3) is 0.462. The summed E-state index contributed by atoms with van der Waals surface area (Å²) < 4.78 is 5.16. The number of rotatable bonds is 7. The zero-order chi connectivity index (χ0) is 13.4. The molecule has 0 heterocycles. The fourth-order valence-electron chi connectivity index (χ4n) is 1.53. The van der Waals surface area contributed by atoms with E-state index in [0.717, 1.165) is 12.2 Å². The molecule has 0 aliphatic rings. The van der Waals surface area contributed by atoms with Crippen LogP contribution in [0.4, 0.5) is 5.69 Å². The molecule has 1 amide bonds. The Labute approximate surface area is 113 Å². The van der Waals surface area contributed by atoms with Crippen molar-refractivity contribution in [3.8, 4) is 0 Å². The minimum atomic E-state index is -0.145. The summed E-state index contributed by atoms with van der Waals surface area (Å²) in [6.45, 7) is 6.30. The highest BCUT2D eigenvalue weighted by molar-refractivity contribution is 6.31. The summed E-state index contributed by atoms with van der Waals surface area (Å²) in [4.78, 5) is 12.0. The lowest BCUT2D eigenvalue weighted by Gasteiger charge is -2.11. The van der Waals surface area contributed by atoms with E-state index in [2.05, 4.69) is 10.6 Å². The zero-order valence-corrected chi connectivity index (χ0v) is 11.5. The van der Waals surface area contributed by atoms with Gasteiger partial charge in [0.1, 0.15) is 0 Å². The molecule has 0 atom stereocenters. The molecule has 100 valence electrons. The fourth-order valence-corrected chi connectivity index (χ4v) is 1.70. The highest BCUT2D eigenvalue weighted by Gasteiger charge is 2.11. The van der Waals surface area contributed by atoms with Crippen LogP contribution in [0.5, 0.6) is 0 Å². The summed E-state index contributed by atoms with van der Waals surface area (Å²) in [6.07, 6.45) is 0. The van der Waals surface area contributed by atoms with Crippen molar-refractivity contribution in [1.29, 1.82) is 0 Å². The Morgan fingerprint density at radius 2 is 2.17 bits per heavy atom. The van der Waals surface area contributed by atoms with Crippen LogP contribution in [0.25, 0.3) is 0 Å². The number of carbonyl (C=O) groups is 1. The quantitative estimate of drug-likeness (QED) is 0.749. The normalized spacial score (nSPS) is 10.2. The van der Waals surface area contributed by atoms with Gasteiger partial charge in [0, 0.05) is 30.4 Å². The molecule has 0 saturated heterocycles. The first kappa shape index (κ1) is 14.8. The minimum Gasteiger partial charge on any atom is -0.385 e. The Hall–Kier alpha value is -1.26. The average Bonchev–Trinajstić information content (AvgIpc) is 2.37. The lowest BCUT2D eigenvalue weighted by molar-refractivity contribution is 0.0923. The molecular formula is C13H19ClN2O2. The maximum Gasteiger partial charge on any atom is 0.253 e. The van der Waals surface area contributed by atoms with Crippen molar-refractivity contribution in [3.05, 3.63) is 28.8 Å². The SMILES string of the molecule is CCNc1ccc(Cl)cc1C(=O)NCCOCC. The molecule has 2 N–H and O–H groups in total. The summed E-state index contributed by atoms with van der Waals surface area (Å²) in [6, 6.07) is 5.23. The van der Waals surface area contributed by atoms with E-state index in [0.29, 0.717) is 30.3 Å². The van der Waals surface area contributed by atoms with Crippen LogP contribution >= 0.6 is 11.6 Å². The van der Waals surface area contributed by atoms with Crippen LogP contribution in [0.3, 0.4) is 0 Å². The summed E-state index contributed by atoms with van der Waals surface area (Å²) >= 11 is 5.91. The summed E-state index contributed by atoms with van der Waals surface area (Å²) in [7, 11) is 0. The summed E-state index contributed by atoms with van der Waals surface area (Å²) in [5.41, 5.74) is 1.34. The van der Waals surface area contributed by atoms with Gasteiger partial charge in [-0.1, -0.05) is 11.6 Å². The maximum atomic E-state index is 12.0. The van der Waals surface area contributed by atoms with E-state index in [1.807, 2.05) is 19.9 Å². The highest BCUT2D eigenvalue weighted by Crippen LogP contribution is 2.20. The first-order valence-electron chi connectivity index (χ1n) is 6.08. The van der Waals surface area contributed by atoms with Gasteiger partial charge in [0.05, 0.1) is 12.2 Å². The molecular weight excluding hydrogens is 252 g/mol. The number of benzene rings is 1. The third-order valence-electron chi connectivity index (χ3n) is 2.33. The Kier molecular flexibility index (Phi) is 6.54. The Morgan fingerprint density at radius 3 is 2.83 bits per heavy atom. The number of amides is 1. The summed E-state index contributed by atoms with van der Waals surface area (Å²) in [5.74, 6) is -0.145. The second-order valence-corrected chi connectivity index (χ2v) is 4.11. The molecule has 18 heavy (non-hydrogen) atoms. The number of ether oxygens (including phenoxy) is 1. The van der Waals surface area contributed by atoms with Crippen molar-refractivity contribution in [3.63, 3.8) is 0 Å². The molecule has 0 radical (unpaired) electrons. The highest BCUT2D eigenvalue weighted by atomic mass is 35.5. The second-order valence-electron chi connectivity index (χ2n) is 3.67. The van der Waals surface area contributed by atoms with Crippen LogP contribution in [0.15, 0.2) is 18.2 Å². The standard InChI is InChI=1S/C13H19ClN2O2/c1-3-15-12-6-5-10(14)9-11(12)13(17)16-7-8-18-4-2/h5-6,9,15H,3-4,7-8H2,1-2H3,(H,16,17). The van der Waals surface area contributed by atoms with E-state index in [-0.39, 0.29) is 5.91 Å². The molecule has 1 aromatic rings. The lowest BCUT2D eigenvalue weighted by atomic mass is 10.1. The van der Waals surface area contributed by atoms with Gasteiger partial charge < -0.3 is 15.4 Å². The average molecular weight is 271 g/mol. The molecule has 5 heteroatoms. The lowest BCUT2D eigenvalue weighted by Crippen LogP contribution is -2.28. The van der Waals surface area contributed by atoms with E-state index in [9.17, 15) is 4.79 Å². The van der Waals surface area contributed by atoms with Crippen LogP contribution in [0, 0.1) is 0 Å². The monoisotopic (exact) mass is 270 g/mol. The van der Waals surface area contributed by atoms with Crippen LogP contribution in [-0.4, -0.2) is 32.2 Å². The largest absolute Gasteiger partial charge is 0.385 e. The molecule has 0 saturated carbocycles. The maximum absolute atomic E-state index is 12.0. The van der Waals surface area contributed by atoms with Gasteiger partial charge in [-0.3, -0.25) is 4.79 Å². The van der Waals surface area contributed by atoms with Crippen molar-refractivity contribution < 1.29 is 9.53 Å². The third-order valence-corrected chi connectivity index (χ3v) is 2.56. The molecule has 1 aromatic carbocycles. The molecule has 1 rings (SSSR count). The van der Waals surface area contributed by atoms with Crippen molar-refractivity contribution in [2.75, 3.05) is 31.6 Å². The van der Waals surface area contributed by atoms with Crippen LogP contribution in [0.2, 0.25) is 5.02 Å². The van der Waals surface area contributed by atoms with Crippen molar-refractivity contribution in [2.24, 2.45) is 0 Å². The number of carbonyl (C=O) groups excluding carboxylic acids is 1. The van der Waals surface area contributed by atoms with Crippen molar-refractivity contribution in [2.45, 2.75) is 13.8 Å². The van der Waals surface area contributed by atoms with E-state index in [1.165, 1.54) is 0 Å². The Balaban J connectivity index is 2.67. The number of nitrogens with one attached hydrogen (secondary N) is 2. The van der Waals surface area contributed by atoms with Gasteiger partial charge >= 0.3 is 0 Å². The van der Waals surface area contributed by atoms with Gasteiger partial charge in [-0.2, -0.15) is 0 Å². The van der Waals surface area contributed by atoms with Gasteiger partial charge in [0.2, 0.25) is 0 Å². The van der Waals surface area contributed by atoms with Gasteiger partial charge in [-0.15, -0.1) is 0 Å². The van der Waals surface area contributed by atoms with E-state index in [4.69, 9.17) is 16.3 Å². The third kappa shape index (κ3) is 4.55. The van der Waals surface area contributed by atoms with Crippen LogP contribution in [0.1, 0.15) is 24.2 Å². The number of anilines is 1. The molecule has 0 spiro atoms. The molecule has 0 fully saturated rings. The number of hydrogen-bond acceptors (Lipinski definition) is 3. The molecule has 0 aliphatic heterocycles. The predicted octanol–water partition coefficient (Wildman–Crippen LogP) is 2.54. The van der Waals surface area contributed by atoms with Crippen molar-refractivity contribution >= 4 is 23.2 Å². The van der Waals surface area contributed by atoms with Gasteiger partial charge in [0.15, 0.2) is 0 Å². The number of halogens is 1. The number of hydrogen-bond donors (Lipinski definition) is 2. The molecule has 0 aliphatic carbocycles. The van der Waals surface area contributed by atoms with Gasteiger partial charge in [-0.05, 0) is 32.0 Å². The van der Waals surface area contributed by atoms with E-state index in [1.54, 1.807) is 12.1 Å².